The highest BCUT2D eigenvalue weighted by Crippen LogP contribution is 2.14. The number of carbonyl (C=O) groups is 1. The minimum absolute atomic E-state index is 0.0227. The monoisotopic (exact) mass is 340 g/mol. The van der Waals surface area contributed by atoms with E-state index in [2.05, 4.69) is 5.32 Å². The zero-order valence-corrected chi connectivity index (χ0v) is 14.6. The average Bonchev–Trinajstić information content (AvgIpc) is 2.47. The number of nitrogens with zero attached hydrogens (tertiary/aromatic N) is 1. The molecule has 1 heterocycles. The third kappa shape index (κ3) is 5.21. The average molecular weight is 340 g/mol. The number of sulfone groups is 1. The van der Waals surface area contributed by atoms with Crippen LogP contribution < -0.4 is 5.32 Å². The number of urea groups is 1. The lowest BCUT2D eigenvalue weighted by molar-refractivity contribution is -0.0318. The summed E-state index contributed by atoms with van der Waals surface area (Å²) in [5, 5.41) is 2.88. The van der Waals surface area contributed by atoms with Crippen LogP contribution in [0.2, 0.25) is 0 Å². The van der Waals surface area contributed by atoms with Crippen molar-refractivity contribution in [3.8, 4) is 0 Å². The molecule has 0 aliphatic carbocycles. The molecule has 0 unspecified atom stereocenters. The summed E-state index contributed by atoms with van der Waals surface area (Å²) in [6.45, 7) is 5.27. The van der Waals surface area contributed by atoms with E-state index in [1.807, 2.05) is 26.0 Å². The van der Waals surface area contributed by atoms with Crippen LogP contribution in [-0.2, 0) is 26.9 Å². The van der Waals surface area contributed by atoms with Crippen LogP contribution in [0.5, 0.6) is 0 Å². The second-order valence-corrected chi connectivity index (χ2v) is 8.28. The maximum atomic E-state index is 12.4. The summed E-state index contributed by atoms with van der Waals surface area (Å²) < 4.78 is 28.5. The first-order valence-corrected chi connectivity index (χ1v) is 9.73. The van der Waals surface area contributed by atoms with Gasteiger partial charge in [-0.2, -0.15) is 0 Å². The minimum atomic E-state index is -3.11. The molecule has 2 atom stereocenters. The van der Waals surface area contributed by atoms with Gasteiger partial charge in [0.05, 0.1) is 24.5 Å². The summed E-state index contributed by atoms with van der Waals surface area (Å²) in [6.07, 6.45) is 1.23. The molecule has 1 aliphatic rings. The van der Waals surface area contributed by atoms with Crippen LogP contribution in [0.4, 0.5) is 4.79 Å². The lowest BCUT2D eigenvalue weighted by atomic mass is 10.1. The van der Waals surface area contributed by atoms with Gasteiger partial charge in [-0.25, -0.2) is 13.2 Å². The molecule has 1 N–H and O–H groups in total. The van der Waals surface area contributed by atoms with Crippen LogP contribution in [0.1, 0.15) is 25.0 Å². The van der Waals surface area contributed by atoms with Crippen molar-refractivity contribution in [3.05, 3.63) is 35.4 Å². The molecule has 1 aromatic carbocycles. The fraction of sp³-hybridized carbons (Fsp3) is 0.562. The van der Waals surface area contributed by atoms with Crippen molar-refractivity contribution in [3.63, 3.8) is 0 Å². The Balaban J connectivity index is 2.02. The standard InChI is InChI=1S/C16H24N2O4S/c1-12-10-22-13(2)9-18(12)16(19)17-8-14-6-4-5-7-15(14)11-23(3,20)21/h4-7,12-13H,8-11H2,1-3H3,(H,17,19)/t12-,13-/m0/s1. The molecule has 7 heteroatoms. The quantitative estimate of drug-likeness (QED) is 0.902. The molecule has 23 heavy (non-hydrogen) atoms. The molecule has 2 amide bonds. The number of nitrogens with one attached hydrogen (secondary N) is 1. The minimum Gasteiger partial charge on any atom is -0.375 e. The lowest BCUT2D eigenvalue weighted by Gasteiger charge is -2.36. The van der Waals surface area contributed by atoms with Gasteiger partial charge < -0.3 is 15.0 Å². The van der Waals surface area contributed by atoms with E-state index in [0.29, 0.717) is 19.7 Å². The highest BCUT2D eigenvalue weighted by atomic mass is 32.2. The molecule has 1 aromatic rings. The normalized spacial score (nSPS) is 22.0. The van der Waals surface area contributed by atoms with Gasteiger partial charge in [0.25, 0.3) is 0 Å². The summed E-state index contributed by atoms with van der Waals surface area (Å²) in [5.41, 5.74) is 1.54. The van der Waals surface area contributed by atoms with Crippen molar-refractivity contribution in [1.82, 2.24) is 10.2 Å². The number of carbonyl (C=O) groups excluding carboxylic acids is 1. The van der Waals surface area contributed by atoms with Crippen molar-refractivity contribution in [2.24, 2.45) is 0 Å². The molecule has 0 bridgehead atoms. The Bertz CT molecular complexity index is 660. The van der Waals surface area contributed by atoms with Crippen molar-refractivity contribution in [2.75, 3.05) is 19.4 Å². The number of hydrogen-bond acceptors (Lipinski definition) is 4. The fourth-order valence-corrected chi connectivity index (χ4v) is 3.46. The molecule has 6 nitrogen and oxygen atoms in total. The number of rotatable bonds is 4. The van der Waals surface area contributed by atoms with E-state index in [-0.39, 0.29) is 23.9 Å². The Labute approximate surface area is 137 Å². The summed E-state index contributed by atoms with van der Waals surface area (Å²) in [4.78, 5) is 14.1. The van der Waals surface area contributed by atoms with Gasteiger partial charge in [0.2, 0.25) is 0 Å². The van der Waals surface area contributed by atoms with Gasteiger partial charge >= 0.3 is 6.03 Å². The second kappa shape index (κ2) is 7.31. The molecular formula is C16H24N2O4S. The van der Waals surface area contributed by atoms with Gasteiger partial charge in [-0.15, -0.1) is 0 Å². The first-order chi connectivity index (χ1) is 10.8. The molecule has 0 aromatic heterocycles. The third-order valence-electron chi connectivity index (χ3n) is 3.83. The highest BCUT2D eigenvalue weighted by molar-refractivity contribution is 7.89. The number of morpholine rings is 1. The van der Waals surface area contributed by atoms with Gasteiger partial charge in [0.15, 0.2) is 9.84 Å². The van der Waals surface area contributed by atoms with E-state index >= 15 is 0 Å². The maximum absolute atomic E-state index is 12.4. The Morgan fingerprint density at radius 2 is 1.96 bits per heavy atom. The van der Waals surface area contributed by atoms with Crippen LogP contribution in [0.25, 0.3) is 0 Å². The maximum Gasteiger partial charge on any atom is 0.318 e. The zero-order valence-electron chi connectivity index (χ0n) is 13.8. The van der Waals surface area contributed by atoms with Gasteiger partial charge in [0.1, 0.15) is 0 Å². The van der Waals surface area contributed by atoms with E-state index in [1.54, 1.807) is 17.0 Å². The molecule has 1 fully saturated rings. The van der Waals surface area contributed by atoms with E-state index < -0.39 is 9.84 Å². The predicted molar refractivity (Wildman–Crippen MR) is 88.8 cm³/mol. The molecule has 1 saturated heterocycles. The molecule has 0 saturated carbocycles. The van der Waals surface area contributed by atoms with Crippen molar-refractivity contribution < 1.29 is 17.9 Å². The zero-order chi connectivity index (χ0) is 17.0. The van der Waals surface area contributed by atoms with Gasteiger partial charge in [-0.1, -0.05) is 24.3 Å². The second-order valence-electron chi connectivity index (χ2n) is 6.14. The van der Waals surface area contributed by atoms with Crippen LogP contribution in [0, 0.1) is 0 Å². The summed E-state index contributed by atoms with van der Waals surface area (Å²) >= 11 is 0. The van der Waals surface area contributed by atoms with Crippen LogP contribution in [0.15, 0.2) is 24.3 Å². The van der Waals surface area contributed by atoms with E-state index in [1.165, 1.54) is 6.26 Å². The molecule has 0 spiro atoms. The van der Waals surface area contributed by atoms with Gasteiger partial charge in [-0.05, 0) is 25.0 Å². The SMILES string of the molecule is C[C@H]1CN(C(=O)NCc2ccccc2CS(C)(=O)=O)[C@@H](C)CO1. The van der Waals surface area contributed by atoms with E-state index in [4.69, 9.17) is 4.74 Å². The predicted octanol–water partition coefficient (Wildman–Crippen LogP) is 1.55. The van der Waals surface area contributed by atoms with E-state index in [0.717, 1.165) is 11.1 Å². The Hall–Kier alpha value is -1.60. The van der Waals surface area contributed by atoms with E-state index in [9.17, 15) is 13.2 Å². The Morgan fingerprint density at radius 3 is 2.61 bits per heavy atom. The first-order valence-electron chi connectivity index (χ1n) is 7.67. The number of hydrogen-bond donors (Lipinski definition) is 1. The highest BCUT2D eigenvalue weighted by Gasteiger charge is 2.27. The first kappa shape index (κ1) is 17.7. The third-order valence-corrected chi connectivity index (χ3v) is 4.67. The number of ether oxygens (including phenoxy) is 1. The molecule has 1 aliphatic heterocycles. The van der Waals surface area contributed by atoms with Crippen molar-refractivity contribution in [2.45, 2.75) is 38.3 Å². The number of amides is 2. The van der Waals surface area contributed by atoms with Crippen LogP contribution in [-0.4, -0.2) is 50.9 Å². The molecule has 0 radical (unpaired) electrons. The van der Waals surface area contributed by atoms with Crippen LogP contribution in [0.3, 0.4) is 0 Å². The topological polar surface area (TPSA) is 75.7 Å². The van der Waals surface area contributed by atoms with Crippen molar-refractivity contribution in [1.29, 1.82) is 0 Å². The Morgan fingerprint density at radius 1 is 1.30 bits per heavy atom. The smallest absolute Gasteiger partial charge is 0.318 e. The molecule has 128 valence electrons. The Kier molecular flexibility index (Phi) is 5.64. The largest absolute Gasteiger partial charge is 0.375 e. The molecule has 2 rings (SSSR count). The summed E-state index contributed by atoms with van der Waals surface area (Å²) in [7, 11) is -3.11. The van der Waals surface area contributed by atoms with Crippen LogP contribution >= 0.6 is 0 Å². The number of benzene rings is 1. The van der Waals surface area contributed by atoms with Gasteiger partial charge in [-0.3, -0.25) is 0 Å². The van der Waals surface area contributed by atoms with Gasteiger partial charge in [0, 0.05) is 19.3 Å². The summed E-state index contributed by atoms with van der Waals surface area (Å²) in [6, 6.07) is 7.14. The summed E-state index contributed by atoms with van der Waals surface area (Å²) in [5.74, 6) is -0.0238. The fourth-order valence-electron chi connectivity index (χ4n) is 2.61. The van der Waals surface area contributed by atoms with Crippen molar-refractivity contribution >= 4 is 15.9 Å². The lowest BCUT2D eigenvalue weighted by Crippen LogP contribution is -2.53. The molecular weight excluding hydrogens is 316 g/mol.